The maximum Gasteiger partial charge on any atom is 0.229 e. The van der Waals surface area contributed by atoms with Crippen LogP contribution in [0.1, 0.15) is 45.4 Å². The highest BCUT2D eigenvalue weighted by atomic mass is 79.9. The van der Waals surface area contributed by atoms with Gasteiger partial charge in [0.2, 0.25) is 5.91 Å². The summed E-state index contributed by atoms with van der Waals surface area (Å²) in [6.45, 7) is 3.60. The molecule has 0 N–H and O–H groups in total. The van der Waals surface area contributed by atoms with E-state index < -0.39 is 0 Å². The first-order chi connectivity index (χ1) is 10.1. The number of alkyl halides is 1. The van der Waals surface area contributed by atoms with E-state index in [1.165, 1.54) is 38.5 Å². The fraction of sp³-hybridized carbons (Fsp3) is 0.941. The highest BCUT2D eigenvalue weighted by Crippen LogP contribution is 2.60. The van der Waals surface area contributed by atoms with Gasteiger partial charge in [-0.05, 0) is 63.2 Å². The summed E-state index contributed by atoms with van der Waals surface area (Å²) in [6.07, 6.45) is 7.86. The van der Waals surface area contributed by atoms with Gasteiger partial charge in [-0.1, -0.05) is 15.9 Å². The van der Waals surface area contributed by atoms with Crippen molar-refractivity contribution in [2.24, 2.45) is 23.2 Å². The van der Waals surface area contributed by atoms with Crippen molar-refractivity contribution in [2.45, 2.75) is 57.6 Å². The summed E-state index contributed by atoms with van der Waals surface area (Å²) in [5, 5.41) is 0.824. The van der Waals surface area contributed by atoms with Crippen molar-refractivity contribution < 1.29 is 9.53 Å². The maximum atomic E-state index is 13.4. The number of halogens is 1. The van der Waals surface area contributed by atoms with Crippen LogP contribution in [0.3, 0.4) is 0 Å². The van der Waals surface area contributed by atoms with Gasteiger partial charge in [-0.15, -0.1) is 0 Å². The van der Waals surface area contributed by atoms with Gasteiger partial charge in [-0.3, -0.25) is 4.79 Å². The van der Waals surface area contributed by atoms with Crippen molar-refractivity contribution in [1.82, 2.24) is 4.90 Å². The topological polar surface area (TPSA) is 29.5 Å². The number of morpholine rings is 1. The predicted molar refractivity (Wildman–Crippen MR) is 85.3 cm³/mol. The number of amides is 1. The van der Waals surface area contributed by atoms with Gasteiger partial charge in [0.05, 0.1) is 24.2 Å². The quantitative estimate of drug-likeness (QED) is 0.711. The Morgan fingerprint density at radius 3 is 2.29 bits per heavy atom. The number of carbonyl (C=O) groups is 1. The van der Waals surface area contributed by atoms with Crippen LogP contribution in [-0.4, -0.2) is 41.4 Å². The van der Waals surface area contributed by atoms with E-state index in [2.05, 4.69) is 27.8 Å². The molecule has 118 valence electrons. The Bertz CT molecular complexity index is 403. The maximum absolute atomic E-state index is 13.4. The molecule has 1 saturated heterocycles. The van der Waals surface area contributed by atoms with Crippen LogP contribution in [0.4, 0.5) is 0 Å². The van der Waals surface area contributed by atoms with E-state index in [4.69, 9.17) is 4.74 Å². The zero-order valence-corrected chi connectivity index (χ0v) is 14.5. The number of hydrogen-bond donors (Lipinski definition) is 0. The van der Waals surface area contributed by atoms with Crippen molar-refractivity contribution in [3.05, 3.63) is 0 Å². The van der Waals surface area contributed by atoms with E-state index in [9.17, 15) is 4.79 Å². The zero-order chi connectivity index (χ0) is 14.6. The third kappa shape index (κ3) is 2.37. The largest absolute Gasteiger partial charge is 0.373 e. The Balaban J connectivity index is 1.56. The molecular formula is C17H26BrNO2. The highest BCUT2D eigenvalue weighted by Gasteiger charge is 2.56. The van der Waals surface area contributed by atoms with Crippen molar-refractivity contribution in [3.63, 3.8) is 0 Å². The molecule has 4 bridgehead atoms. The summed E-state index contributed by atoms with van der Waals surface area (Å²) in [5.41, 5.74) is -0.00277. The van der Waals surface area contributed by atoms with Gasteiger partial charge < -0.3 is 9.64 Å². The number of nitrogens with zero attached hydrogens (tertiary/aromatic N) is 1. The van der Waals surface area contributed by atoms with Crippen LogP contribution in [0.5, 0.6) is 0 Å². The average molecular weight is 356 g/mol. The first-order valence-corrected chi connectivity index (χ1v) is 9.70. The normalized spacial score (nSPS) is 48.7. The molecule has 3 nitrogen and oxygen atoms in total. The molecule has 0 spiro atoms. The van der Waals surface area contributed by atoms with E-state index >= 15 is 0 Å². The number of ether oxygens (including phenoxy) is 1. The molecule has 2 atom stereocenters. The van der Waals surface area contributed by atoms with Crippen molar-refractivity contribution in [3.8, 4) is 0 Å². The second kappa shape index (κ2) is 5.23. The monoisotopic (exact) mass is 355 g/mol. The highest BCUT2D eigenvalue weighted by molar-refractivity contribution is 9.09. The molecule has 0 radical (unpaired) electrons. The Morgan fingerprint density at radius 2 is 1.76 bits per heavy atom. The van der Waals surface area contributed by atoms with E-state index in [0.29, 0.717) is 12.5 Å². The van der Waals surface area contributed by atoms with Gasteiger partial charge in [0, 0.05) is 11.9 Å². The fourth-order valence-electron chi connectivity index (χ4n) is 5.87. The van der Waals surface area contributed by atoms with Gasteiger partial charge in [0.15, 0.2) is 0 Å². The molecule has 4 saturated carbocycles. The average Bonchev–Trinajstić information content (AvgIpc) is 2.45. The van der Waals surface area contributed by atoms with Crippen LogP contribution < -0.4 is 0 Å². The lowest BCUT2D eigenvalue weighted by Gasteiger charge is -2.57. The van der Waals surface area contributed by atoms with E-state index in [1.807, 2.05) is 0 Å². The number of hydrogen-bond acceptors (Lipinski definition) is 2. The Morgan fingerprint density at radius 1 is 1.19 bits per heavy atom. The first-order valence-electron chi connectivity index (χ1n) is 8.58. The first kappa shape index (κ1) is 14.5. The van der Waals surface area contributed by atoms with E-state index in [1.54, 1.807) is 0 Å². The molecule has 4 aliphatic carbocycles. The standard InChI is InChI=1S/C17H26BrNO2/c1-11-10-21-15(8-18)9-19(11)16(20)17-5-12-2-13(6-17)4-14(3-12)7-17/h11-15H,2-10H2,1H3. The Kier molecular flexibility index (Phi) is 3.61. The second-order valence-electron chi connectivity index (χ2n) is 8.11. The molecule has 1 heterocycles. The minimum Gasteiger partial charge on any atom is -0.373 e. The van der Waals surface area contributed by atoms with Crippen molar-refractivity contribution in [2.75, 3.05) is 18.5 Å². The minimum absolute atomic E-state index is 0.00277. The molecule has 0 aromatic heterocycles. The van der Waals surface area contributed by atoms with Crippen LogP contribution in [0.25, 0.3) is 0 Å². The van der Waals surface area contributed by atoms with Crippen molar-refractivity contribution >= 4 is 21.8 Å². The van der Waals surface area contributed by atoms with Gasteiger partial charge in [-0.2, -0.15) is 0 Å². The molecule has 0 aromatic carbocycles. The van der Waals surface area contributed by atoms with Gasteiger partial charge in [-0.25, -0.2) is 0 Å². The SMILES string of the molecule is CC1COC(CBr)CN1C(=O)C12CC3CC(CC(C3)C1)C2. The van der Waals surface area contributed by atoms with Crippen LogP contribution in [0.2, 0.25) is 0 Å². The molecule has 5 rings (SSSR count). The molecule has 5 aliphatic rings. The Hall–Kier alpha value is -0.0900. The molecule has 0 aromatic rings. The minimum atomic E-state index is -0.00277. The summed E-state index contributed by atoms with van der Waals surface area (Å²) in [6, 6.07) is 0.237. The lowest BCUT2D eigenvalue weighted by Crippen LogP contribution is -2.60. The van der Waals surface area contributed by atoms with Gasteiger partial charge in [0.1, 0.15) is 0 Å². The predicted octanol–water partition coefficient (Wildman–Crippen LogP) is 3.21. The lowest BCUT2D eigenvalue weighted by atomic mass is 9.49. The Labute approximate surface area is 135 Å². The third-order valence-corrected chi connectivity index (χ3v) is 7.15. The molecule has 5 fully saturated rings. The summed E-state index contributed by atoms with van der Waals surface area (Å²) in [7, 11) is 0. The number of rotatable bonds is 2. The molecule has 1 aliphatic heterocycles. The fourth-order valence-corrected chi connectivity index (χ4v) is 6.26. The molecule has 21 heavy (non-hydrogen) atoms. The molecule has 2 unspecified atom stereocenters. The molecule has 1 amide bonds. The van der Waals surface area contributed by atoms with Crippen LogP contribution in [0.15, 0.2) is 0 Å². The molecule has 4 heteroatoms. The summed E-state index contributed by atoms with van der Waals surface area (Å²) in [5.74, 6) is 2.97. The number of carbonyl (C=O) groups excluding carboxylic acids is 1. The third-order valence-electron chi connectivity index (χ3n) is 6.43. The van der Waals surface area contributed by atoms with Crippen LogP contribution >= 0.6 is 15.9 Å². The van der Waals surface area contributed by atoms with E-state index in [0.717, 1.165) is 29.6 Å². The van der Waals surface area contributed by atoms with Crippen molar-refractivity contribution in [1.29, 1.82) is 0 Å². The second-order valence-corrected chi connectivity index (χ2v) is 8.76. The van der Waals surface area contributed by atoms with Gasteiger partial charge in [0.25, 0.3) is 0 Å². The molecular weight excluding hydrogens is 330 g/mol. The summed E-state index contributed by atoms with van der Waals surface area (Å²) >= 11 is 3.51. The lowest BCUT2D eigenvalue weighted by molar-refractivity contribution is -0.168. The smallest absolute Gasteiger partial charge is 0.229 e. The van der Waals surface area contributed by atoms with Crippen LogP contribution in [0, 0.1) is 23.2 Å². The van der Waals surface area contributed by atoms with Gasteiger partial charge >= 0.3 is 0 Å². The summed E-state index contributed by atoms with van der Waals surface area (Å²) in [4.78, 5) is 15.5. The zero-order valence-electron chi connectivity index (χ0n) is 12.9. The van der Waals surface area contributed by atoms with E-state index in [-0.39, 0.29) is 17.6 Å². The van der Waals surface area contributed by atoms with Crippen LogP contribution in [-0.2, 0) is 9.53 Å². The summed E-state index contributed by atoms with van der Waals surface area (Å²) < 4.78 is 5.80.